The largest absolute Gasteiger partial charge is 0.328 e. The highest BCUT2D eigenvalue weighted by atomic mass is 32.2. The van der Waals surface area contributed by atoms with Crippen molar-refractivity contribution < 1.29 is 22.8 Å². The van der Waals surface area contributed by atoms with Gasteiger partial charge in [-0.1, -0.05) is 44.2 Å². The smallest absolute Gasteiger partial charge is 0.248 e. The summed E-state index contributed by atoms with van der Waals surface area (Å²) in [7, 11) is -3.91. The van der Waals surface area contributed by atoms with Gasteiger partial charge < -0.3 is 10.2 Å². The van der Waals surface area contributed by atoms with Crippen LogP contribution in [-0.4, -0.2) is 65.9 Å². The van der Waals surface area contributed by atoms with Crippen LogP contribution in [0, 0.1) is 5.92 Å². The summed E-state index contributed by atoms with van der Waals surface area (Å²) >= 11 is 1.31. The van der Waals surface area contributed by atoms with Gasteiger partial charge in [0.2, 0.25) is 21.8 Å². The Morgan fingerprint density at radius 1 is 1.14 bits per heavy atom. The van der Waals surface area contributed by atoms with Gasteiger partial charge in [-0.2, -0.15) is 4.31 Å². The number of hydrogen-bond acceptors (Lipinski definition) is 7. The van der Waals surface area contributed by atoms with E-state index in [-0.39, 0.29) is 36.2 Å². The number of sulfonamides is 1. The fraction of sp³-hybridized carbons (Fsp3) is 0.500. The number of ketones is 1. The molecule has 1 N–H and O–H groups in total. The fourth-order valence-electron chi connectivity index (χ4n) is 4.80. The molecule has 2 heterocycles. The third-order valence-electron chi connectivity index (χ3n) is 6.74. The van der Waals surface area contributed by atoms with Crippen molar-refractivity contribution in [3.8, 4) is 0 Å². The summed E-state index contributed by atoms with van der Waals surface area (Å²) in [4.78, 5) is 43.6. The van der Waals surface area contributed by atoms with Crippen LogP contribution in [0.3, 0.4) is 0 Å². The van der Waals surface area contributed by atoms with Gasteiger partial charge in [-0.05, 0) is 31.4 Å². The summed E-state index contributed by atoms with van der Waals surface area (Å²) < 4.78 is 27.4. The van der Waals surface area contributed by atoms with E-state index in [1.165, 1.54) is 53.8 Å². The first-order chi connectivity index (χ1) is 16.8. The molecular formula is C24H30N4O5S2. The molecule has 1 atom stereocenters. The number of hydrogen-bond donors (Lipinski definition) is 1. The molecule has 1 aliphatic carbocycles. The van der Waals surface area contributed by atoms with Crippen molar-refractivity contribution in [3.05, 3.63) is 41.4 Å². The minimum atomic E-state index is -3.91. The molecule has 4 rings (SSSR count). The lowest BCUT2D eigenvalue weighted by Gasteiger charge is -2.39. The van der Waals surface area contributed by atoms with E-state index < -0.39 is 22.0 Å². The highest BCUT2D eigenvalue weighted by molar-refractivity contribution is 7.89. The number of piperazine rings is 1. The first kappa shape index (κ1) is 25.5. The normalized spacial score (nSPS) is 18.9. The predicted molar refractivity (Wildman–Crippen MR) is 133 cm³/mol. The second-order valence-corrected chi connectivity index (χ2v) is 11.9. The zero-order chi connectivity index (χ0) is 25.0. The number of Topliss-reactive ketones (excluding diaryl/α,β-unsaturated/α-hetero) is 1. The number of carbonyl (C=O) groups excluding carboxylic acids is 3. The van der Waals surface area contributed by atoms with E-state index in [4.69, 9.17) is 0 Å². The van der Waals surface area contributed by atoms with Crippen molar-refractivity contribution in [3.63, 3.8) is 0 Å². The van der Waals surface area contributed by atoms with Crippen LogP contribution in [0.2, 0.25) is 0 Å². The Balaban J connectivity index is 1.49. The van der Waals surface area contributed by atoms with E-state index in [9.17, 15) is 22.8 Å². The molecule has 0 radical (unpaired) electrons. The lowest BCUT2D eigenvalue weighted by molar-refractivity contribution is -0.142. The minimum Gasteiger partial charge on any atom is -0.328 e. The number of nitrogens with zero attached hydrogens (tertiary/aromatic N) is 3. The van der Waals surface area contributed by atoms with E-state index >= 15 is 0 Å². The molecule has 9 nitrogen and oxygen atoms in total. The zero-order valence-corrected chi connectivity index (χ0v) is 21.3. The third-order valence-corrected chi connectivity index (χ3v) is 9.29. The van der Waals surface area contributed by atoms with Gasteiger partial charge in [-0.25, -0.2) is 13.4 Å². The van der Waals surface area contributed by atoms with E-state index in [0.29, 0.717) is 23.0 Å². The number of amides is 2. The number of thiazole rings is 1. The summed E-state index contributed by atoms with van der Waals surface area (Å²) in [6, 6.07) is 5.04. The van der Waals surface area contributed by atoms with Crippen LogP contribution < -0.4 is 5.32 Å². The standard InChI is InChI=1S/C24H30N4O5S2/c1-17(29)19-7-9-20(10-8-19)35(32,33)27-12-13-28(22(30)16-27)21(15-18-5-3-2-4-6-18)23(31)26-24-25-11-14-34-24/h7-11,14,18,21H,2-6,12-13,15-16H2,1H3,(H,25,26,31). The van der Waals surface area contributed by atoms with Crippen LogP contribution in [0.15, 0.2) is 40.7 Å². The first-order valence-electron chi connectivity index (χ1n) is 11.9. The van der Waals surface area contributed by atoms with Crippen LogP contribution in [0.5, 0.6) is 0 Å². The highest BCUT2D eigenvalue weighted by Gasteiger charge is 2.39. The topological polar surface area (TPSA) is 117 Å². The molecule has 2 amide bonds. The average molecular weight is 519 g/mol. The SMILES string of the molecule is CC(=O)c1ccc(S(=O)(=O)N2CCN(C(CC3CCCCC3)C(=O)Nc3nccs3)C(=O)C2)cc1. The summed E-state index contributed by atoms with van der Waals surface area (Å²) in [6.45, 7) is 1.30. The second-order valence-electron chi connectivity index (χ2n) is 9.09. The van der Waals surface area contributed by atoms with Gasteiger partial charge in [-0.15, -0.1) is 11.3 Å². The van der Waals surface area contributed by atoms with Crippen LogP contribution >= 0.6 is 11.3 Å². The monoisotopic (exact) mass is 518 g/mol. The van der Waals surface area contributed by atoms with Gasteiger partial charge >= 0.3 is 0 Å². The summed E-state index contributed by atoms with van der Waals surface area (Å²) in [5.41, 5.74) is 0.418. The van der Waals surface area contributed by atoms with E-state index in [0.717, 1.165) is 30.0 Å². The Bertz CT molecular complexity index is 1160. The molecule has 0 bridgehead atoms. The number of carbonyl (C=O) groups is 3. The van der Waals surface area contributed by atoms with Crippen molar-refractivity contribution in [2.75, 3.05) is 25.0 Å². The molecule has 1 aliphatic heterocycles. The Labute approximate surface area is 209 Å². The Kier molecular flexibility index (Phi) is 7.98. The third kappa shape index (κ3) is 5.96. The van der Waals surface area contributed by atoms with Gasteiger partial charge in [0.1, 0.15) is 6.04 Å². The summed E-state index contributed by atoms with van der Waals surface area (Å²) in [5, 5.41) is 5.07. The molecule has 1 saturated carbocycles. The lowest BCUT2D eigenvalue weighted by atomic mass is 9.84. The quantitative estimate of drug-likeness (QED) is 0.537. The Morgan fingerprint density at radius 2 is 1.86 bits per heavy atom. The van der Waals surface area contributed by atoms with E-state index in [2.05, 4.69) is 10.3 Å². The maximum Gasteiger partial charge on any atom is 0.248 e. The van der Waals surface area contributed by atoms with Gasteiger partial charge in [0.05, 0.1) is 11.4 Å². The number of benzene rings is 1. The molecule has 2 aliphatic rings. The zero-order valence-electron chi connectivity index (χ0n) is 19.7. The predicted octanol–water partition coefficient (Wildman–Crippen LogP) is 3.16. The fourth-order valence-corrected chi connectivity index (χ4v) is 6.71. The molecule has 1 aromatic heterocycles. The van der Waals surface area contributed by atoms with Crippen LogP contribution in [0.25, 0.3) is 0 Å². The molecule has 0 spiro atoms. The van der Waals surface area contributed by atoms with E-state index in [1.807, 2.05) is 0 Å². The van der Waals surface area contributed by atoms with Gasteiger partial charge in [0.25, 0.3) is 0 Å². The second kappa shape index (κ2) is 11.0. The van der Waals surface area contributed by atoms with Crippen molar-refractivity contribution in [2.45, 2.75) is 56.4 Å². The summed E-state index contributed by atoms with van der Waals surface area (Å²) in [6.07, 6.45) is 7.65. The Hall–Kier alpha value is -2.63. The number of rotatable bonds is 8. The van der Waals surface area contributed by atoms with Crippen LogP contribution in [-0.2, 0) is 19.6 Å². The first-order valence-corrected chi connectivity index (χ1v) is 14.2. The molecule has 1 saturated heterocycles. The molecule has 35 heavy (non-hydrogen) atoms. The van der Waals surface area contributed by atoms with E-state index in [1.54, 1.807) is 11.6 Å². The van der Waals surface area contributed by atoms with Gasteiger partial charge in [0, 0.05) is 30.2 Å². The van der Waals surface area contributed by atoms with Crippen molar-refractivity contribution in [1.82, 2.24) is 14.2 Å². The average Bonchev–Trinajstić information content (AvgIpc) is 3.36. The Morgan fingerprint density at radius 3 is 2.46 bits per heavy atom. The molecule has 2 aromatic rings. The summed E-state index contributed by atoms with van der Waals surface area (Å²) in [5.74, 6) is -0.479. The molecular weight excluding hydrogens is 488 g/mol. The molecule has 11 heteroatoms. The molecule has 1 aromatic carbocycles. The van der Waals surface area contributed by atoms with Gasteiger partial charge in [-0.3, -0.25) is 14.4 Å². The number of aromatic nitrogens is 1. The van der Waals surface area contributed by atoms with Crippen LogP contribution in [0.4, 0.5) is 5.13 Å². The molecule has 188 valence electrons. The number of nitrogens with one attached hydrogen (secondary N) is 1. The van der Waals surface area contributed by atoms with Crippen molar-refractivity contribution in [1.29, 1.82) is 0 Å². The number of anilines is 1. The highest BCUT2D eigenvalue weighted by Crippen LogP contribution is 2.30. The maximum absolute atomic E-state index is 13.2. The lowest BCUT2D eigenvalue weighted by Crippen LogP contribution is -2.58. The molecule has 1 unspecified atom stereocenters. The van der Waals surface area contributed by atoms with Gasteiger partial charge in [0.15, 0.2) is 10.9 Å². The van der Waals surface area contributed by atoms with Crippen molar-refractivity contribution >= 4 is 44.1 Å². The molecule has 2 fully saturated rings. The minimum absolute atomic E-state index is 0.0315. The van der Waals surface area contributed by atoms with Crippen molar-refractivity contribution in [2.24, 2.45) is 5.92 Å². The maximum atomic E-state index is 13.2. The van der Waals surface area contributed by atoms with Crippen LogP contribution in [0.1, 0.15) is 55.8 Å².